The van der Waals surface area contributed by atoms with Crippen LogP contribution in [0.5, 0.6) is 0 Å². The SMILES string of the molecule is C[C@@H](NC(=O)Nc1cc2[nH]nc(NC(=O)OCC(F)F)c2cn1)c1ccc(F)cc1. The van der Waals surface area contributed by atoms with Crippen LogP contribution >= 0.6 is 0 Å². The van der Waals surface area contributed by atoms with Crippen molar-refractivity contribution in [3.8, 4) is 0 Å². The van der Waals surface area contributed by atoms with Crippen molar-refractivity contribution >= 4 is 34.7 Å². The number of aromatic nitrogens is 3. The van der Waals surface area contributed by atoms with Crippen molar-refractivity contribution in [2.45, 2.75) is 19.4 Å². The number of alkyl halides is 2. The highest BCUT2D eigenvalue weighted by Gasteiger charge is 2.15. The van der Waals surface area contributed by atoms with E-state index in [1.54, 1.807) is 19.1 Å². The number of amides is 3. The Balaban J connectivity index is 1.61. The summed E-state index contributed by atoms with van der Waals surface area (Å²) in [6.07, 6.45) is -2.53. The molecule has 0 saturated carbocycles. The average molecular weight is 422 g/mol. The summed E-state index contributed by atoms with van der Waals surface area (Å²) in [5.41, 5.74) is 1.15. The van der Waals surface area contributed by atoms with E-state index in [0.29, 0.717) is 10.9 Å². The van der Waals surface area contributed by atoms with Crippen LogP contribution in [-0.4, -0.2) is 40.3 Å². The molecule has 2 aromatic heterocycles. The molecule has 0 radical (unpaired) electrons. The molecular weight excluding hydrogens is 405 g/mol. The minimum Gasteiger partial charge on any atom is -0.443 e. The molecule has 3 amide bonds. The summed E-state index contributed by atoms with van der Waals surface area (Å²) < 4.78 is 41.5. The molecule has 0 aliphatic heterocycles. The Morgan fingerprint density at radius 2 is 1.93 bits per heavy atom. The lowest BCUT2D eigenvalue weighted by Gasteiger charge is -2.14. The third kappa shape index (κ3) is 5.37. The summed E-state index contributed by atoms with van der Waals surface area (Å²) >= 11 is 0. The quantitative estimate of drug-likeness (QED) is 0.482. The van der Waals surface area contributed by atoms with Gasteiger partial charge in [0.25, 0.3) is 6.43 Å². The lowest BCUT2D eigenvalue weighted by atomic mass is 10.1. The molecule has 2 heterocycles. The largest absolute Gasteiger partial charge is 0.443 e. The highest BCUT2D eigenvalue weighted by molar-refractivity contribution is 5.98. The number of hydrogen-bond acceptors (Lipinski definition) is 5. The molecule has 0 bridgehead atoms. The average Bonchev–Trinajstić information content (AvgIpc) is 3.08. The van der Waals surface area contributed by atoms with E-state index in [2.05, 4.69) is 35.9 Å². The Labute approximate surface area is 168 Å². The first-order chi connectivity index (χ1) is 14.3. The lowest BCUT2D eigenvalue weighted by Crippen LogP contribution is -2.31. The molecule has 0 spiro atoms. The zero-order valence-electron chi connectivity index (χ0n) is 15.6. The maximum Gasteiger partial charge on any atom is 0.413 e. The first-order valence-electron chi connectivity index (χ1n) is 8.71. The molecule has 0 aliphatic rings. The van der Waals surface area contributed by atoms with Crippen LogP contribution < -0.4 is 16.0 Å². The number of fused-ring (bicyclic) bond motifs is 1. The van der Waals surface area contributed by atoms with Crippen LogP contribution in [0.15, 0.2) is 36.5 Å². The molecule has 3 aromatic rings. The van der Waals surface area contributed by atoms with Crippen molar-refractivity contribution in [1.29, 1.82) is 0 Å². The molecule has 3 rings (SSSR count). The summed E-state index contributed by atoms with van der Waals surface area (Å²) in [5, 5.41) is 14.3. The van der Waals surface area contributed by atoms with Crippen LogP contribution in [0.25, 0.3) is 10.9 Å². The number of halogens is 3. The van der Waals surface area contributed by atoms with Crippen molar-refractivity contribution in [2.24, 2.45) is 0 Å². The molecule has 0 aliphatic carbocycles. The van der Waals surface area contributed by atoms with Crippen LogP contribution in [0, 0.1) is 5.82 Å². The van der Waals surface area contributed by atoms with Gasteiger partial charge in [-0.1, -0.05) is 12.1 Å². The van der Waals surface area contributed by atoms with Crippen molar-refractivity contribution in [3.05, 3.63) is 47.9 Å². The van der Waals surface area contributed by atoms with Gasteiger partial charge >= 0.3 is 12.1 Å². The molecule has 0 saturated heterocycles. The summed E-state index contributed by atoms with van der Waals surface area (Å²) in [6.45, 7) is 0.704. The fourth-order valence-electron chi connectivity index (χ4n) is 2.53. The second-order valence-electron chi connectivity index (χ2n) is 6.17. The first-order valence-corrected chi connectivity index (χ1v) is 8.71. The van der Waals surface area contributed by atoms with Gasteiger partial charge in [-0.05, 0) is 24.6 Å². The lowest BCUT2D eigenvalue weighted by molar-refractivity contribution is 0.0547. The molecule has 0 fully saturated rings. The highest BCUT2D eigenvalue weighted by atomic mass is 19.3. The third-order valence-corrected chi connectivity index (χ3v) is 3.97. The van der Waals surface area contributed by atoms with Crippen LogP contribution in [-0.2, 0) is 4.74 Å². The van der Waals surface area contributed by atoms with Crippen molar-refractivity contribution in [1.82, 2.24) is 20.5 Å². The van der Waals surface area contributed by atoms with Gasteiger partial charge < -0.3 is 10.1 Å². The van der Waals surface area contributed by atoms with E-state index >= 15 is 0 Å². The van der Waals surface area contributed by atoms with Crippen molar-refractivity contribution in [3.63, 3.8) is 0 Å². The van der Waals surface area contributed by atoms with E-state index in [0.717, 1.165) is 5.56 Å². The highest BCUT2D eigenvalue weighted by Crippen LogP contribution is 2.22. The number of nitrogens with one attached hydrogen (secondary N) is 4. The normalized spacial score (nSPS) is 11.9. The topological polar surface area (TPSA) is 121 Å². The van der Waals surface area contributed by atoms with Crippen molar-refractivity contribution < 1.29 is 27.5 Å². The van der Waals surface area contributed by atoms with E-state index in [9.17, 15) is 22.8 Å². The second-order valence-corrected chi connectivity index (χ2v) is 6.17. The van der Waals surface area contributed by atoms with Crippen LogP contribution in [0.4, 0.5) is 34.4 Å². The van der Waals surface area contributed by atoms with Gasteiger partial charge in [-0.2, -0.15) is 5.10 Å². The van der Waals surface area contributed by atoms with Crippen LogP contribution in [0.3, 0.4) is 0 Å². The summed E-state index contributed by atoms with van der Waals surface area (Å²) in [4.78, 5) is 27.7. The number of urea groups is 1. The van der Waals surface area contributed by atoms with Gasteiger partial charge in [-0.3, -0.25) is 15.7 Å². The fraction of sp³-hybridized carbons (Fsp3) is 0.222. The smallest absolute Gasteiger partial charge is 0.413 e. The van der Waals surface area contributed by atoms with E-state index in [-0.39, 0.29) is 23.5 Å². The number of carbonyl (C=O) groups excluding carboxylic acids is 2. The molecule has 12 heteroatoms. The molecule has 158 valence electrons. The third-order valence-electron chi connectivity index (χ3n) is 3.97. The molecule has 1 aromatic carbocycles. The van der Waals surface area contributed by atoms with E-state index < -0.39 is 25.2 Å². The second kappa shape index (κ2) is 9.11. The van der Waals surface area contributed by atoms with E-state index in [1.807, 2.05) is 0 Å². The fourth-order valence-corrected chi connectivity index (χ4v) is 2.53. The van der Waals surface area contributed by atoms with Gasteiger partial charge in [0.05, 0.1) is 16.9 Å². The van der Waals surface area contributed by atoms with Gasteiger partial charge in [0, 0.05) is 12.3 Å². The Kier molecular flexibility index (Phi) is 6.35. The number of carbonyl (C=O) groups is 2. The van der Waals surface area contributed by atoms with Gasteiger partial charge in [-0.25, -0.2) is 27.7 Å². The predicted octanol–water partition coefficient (Wildman–Crippen LogP) is 3.79. The summed E-state index contributed by atoms with van der Waals surface area (Å²) in [5.74, 6) is -0.136. The number of hydrogen-bond donors (Lipinski definition) is 4. The first kappa shape index (κ1) is 20.9. The Bertz CT molecular complexity index is 1040. The maximum atomic E-state index is 13.0. The van der Waals surface area contributed by atoms with Crippen molar-refractivity contribution in [2.75, 3.05) is 17.2 Å². The van der Waals surface area contributed by atoms with E-state index in [1.165, 1.54) is 24.4 Å². The Hall–Kier alpha value is -3.83. The summed E-state index contributed by atoms with van der Waals surface area (Å²) in [6, 6.07) is 6.29. The number of ether oxygens (including phenoxy) is 1. The minimum absolute atomic E-state index is 0.0395. The minimum atomic E-state index is -2.78. The van der Waals surface area contributed by atoms with Crippen LogP contribution in [0.1, 0.15) is 18.5 Å². The number of aromatic amines is 1. The number of rotatable bonds is 6. The molecule has 30 heavy (non-hydrogen) atoms. The van der Waals surface area contributed by atoms with Gasteiger partial charge in [0.2, 0.25) is 0 Å². The molecular formula is C18H17F3N6O3. The molecule has 4 N–H and O–H groups in total. The molecule has 0 unspecified atom stereocenters. The standard InChI is InChI=1S/C18H17F3N6O3/c1-9(10-2-4-11(19)5-3-10)23-17(28)24-15-6-13-12(7-22-15)16(27-26-13)25-18(29)30-8-14(20)21/h2-7,9,14H,8H2,1H3,(H2,22,23,24,28)(H2,25,26,27,29)/t9-/m1/s1. The number of anilines is 2. The van der Waals surface area contributed by atoms with Gasteiger partial charge in [-0.15, -0.1) is 0 Å². The predicted molar refractivity (Wildman–Crippen MR) is 102 cm³/mol. The van der Waals surface area contributed by atoms with Gasteiger partial charge in [0.1, 0.15) is 11.6 Å². The number of benzene rings is 1. The number of pyridine rings is 1. The monoisotopic (exact) mass is 422 g/mol. The zero-order valence-corrected chi connectivity index (χ0v) is 15.6. The number of nitrogens with zero attached hydrogens (tertiary/aromatic N) is 2. The Morgan fingerprint density at radius 3 is 2.63 bits per heavy atom. The van der Waals surface area contributed by atoms with Gasteiger partial charge in [0.15, 0.2) is 12.4 Å². The molecule has 9 nitrogen and oxygen atoms in total. The zero-order chi connectivity index (χ0) is 21.7. The Morgan fingerprint density at radius 1 is 1.20 bits per heavy atom. The summed E-state index contributed by atoms with van der Waals surface area (Å²) in [7, 11) is 0. The molecule has 1 atom stereocenters. The maximum absolute atomic E-state index is 13.0. The van der Waals surface area contributed by atoms with E-state index in [4.69, 9.17) is 0 Å². The number of H-pyrrole nitrogens is 1. The van der Waals surface area contributed by atoms with Crippen LogP contribution in [0.2, 0.25) is 0 Å².